The van der Waals surface area contributed by atoms with E-state index in [0.717, 1.165) is 17.1 Å². The Morgan fingerprint density at radius 3 is 2.71 bits per heavy atom. The lowest BCUT2D eigenvalue weighted by atomic mass is 10.1. The first-order valence-electron chi connectivity index (χ1n) is 6.73. The van der Waals surface area contributed by atoms with Crippen molar-refractivity contribution in [3.8, 4) is 5.88 Å². The first kappa shape index (κ1) is 14.8. The second-order valence-corrected chi connectivity index (χ2v) is 4.74. The zero-order valence-electron chi connectivity index (χ0n) is 12.4. The van der Waals surface area contributed by atoms with Gasteiger partial charge in [-0.1, -0.05) is 18.2 Å². The van der Waals surface area contributed by atoms with Gasteiger partial charge in [-0.2, -0.15) is 4.98 Å². The molecule has 0 aliphatic carbocycles. The zero-order chi connectivity index (χ0) is 15.2. The quantitative estimate of drug-likeness (QED) is 0.885. The molecule has 0 aliphatic heterocycles. The summed E-state index contributed by atoms with van der Waals surface area (Å²) in [5.41, 5.74) is 1.85. The van der Waals surface area contributed by atoms with E-state index in [1.54, 1.807) is 13.2 Å². The maximum Gasteiger partial charge on any atom is 0.221 e. The van der Waals surface area contributed by atoms with Gasteiger partial charge < -0.3 is 15.4 Å². The van der Waals surface area contributed by atoms with Crippen molar-refractivity contribution >= 4 is 17.4 Å². The number of aromatic nitrogens is 1. The number of anilines is 2. The highest BCUT2D eigenvalue weighted by molar-refractivity contribution is 5.88. The molecule has 0 aliphatic rings. The number of amides is 1. The molecule has 0 fully saturated rings. The fourth-order valence-electron chi connectivity index (χ4n) is 2.00. The van der Waals surface area contributed by atoms with Crippen LogP contribution in [0.15, 0.2) is 42.5 Å². The Morgan fingerprint density at radius 1 is 1.24 bits per heavy atom. The number of pyridine rings is 1. The van der Waals surface area contributed by atoms with Gasteiger partial charge in [0.05, 0.1) is 13.2 Å². The first-order valence-corrected chi connectivity index (χ1v) is 6.73. The molecule has 5 heteroatoms. The molecule has 0 bridgehead atoms. The Morgan fingerprint density at radius 2 is 2.00 bits per heavy atom. The van der Waals surface area contributed by atoms with Crippen LogP contribution in [0.25, 0.3) is 0 Å². The van der Waals surface area contributed by atoms with Crippen LogP contribution in [0.4, 0.5) is 11.5 Å². The molecule has 1 unspecified atom stereocenters. The molecule has 1 aromatic heterocycles. The number of nitrogens with zero attached hydrogens (tertiary/aromatic N) is 1. The van der Waals surface area contributed by atoms with Gasteiger partial charge >= 0.3 is 0 Å². The van der Waals surface area contributed by atoms with Crippen LogP contribution in [0.5, 0.6) is 5.88 Å². The molecule has 0 saturated heterocycles. The minimum Gasteiger partial charge on any atom is -0.481 e. The fraction of sp³-hybridized carbons (Fsp3) is 0.250. The molecule has 0 radical (unpaired) electrons. The summed E-state index contributed by atoms with van der Waals surface area (Å²) < 4.78 is 5.11. The molecule has 110 valence electrons. The number of rotatable bonds is 5. The molecule has 2 rings (SSSR count). The molecular weight excluding hydrogens is 266 g/mol. The molecule has 2 N–H and O–H groups in total. The molecule has 1 aromatic carbocycles. The molecule has 0 spiro atoms. The van der Waals surface area contributed by atoms with E-state index in [9.17, 15) is 4.79 Å². The molecule has 21 heavy (non-hydrogen) atoms. The maximum absolute atomic E-state index is 11.1. The zero-order valence-corrected chi connectivity index (χ0v) is 12.4. The predicted molar refractivity (Wildman–Crippen MR) is 83.6 cm³/mol. The summed E-state index contributed by atoms with van der Waals surface area (Å²) in [4.78, 5) is 15.4. The van der Waals surface area contributed by atoms with Gasteiger partial charge in [0.1, 0.15) is 5.82 Å². The van der Waals surface area contributed by atoms with Crippen LogP contribution in [0.2, 0.25) is 0 Å². The average molecular weight is 285 g/mol. The van der Waals surface area contributed by atoms with Crippen molar-refractivity contribution in [1.29, 1.82) is 0 Å². The van der Waals surface area contributed by atoms with E-state index in [1.165, 1.54) is 6.92 Å². The summed E-state index contributed by atoms with van der Waals surface area (Å²) >= 11 is 0. The lowest BCUT2D eigenvalue weighted by molar-refractivity contribution is -0.114. The van der Waals surface area contributed by atoms with E-state index < -0.39 is 0 Å². The summed E-state index contributed by atoms with van der Waals surface area (Å²) in [6.07, 6.45) is 0. The Bertz CT molecular complexity index is 628. The largest absolute Gasteiger partial charge is 0.481 e. The van der Waals surface area contributed by atoms with E-state index in [1.807, 2.05) is 43.3 Å². The second-order valence-electron chi connectivity index (χ2n) is 4.74. The number of ether oxygens (including phenoxy) is 1. The Labute approximate surface area is 124 Å². The van der Waals surface area contributed by atoms with Gasteiger partial charge in [0.25, 0.3) is 0 Å². The van der Waals surface area contributed by atoms with Crippen molar-refractivity contribution in [3.05, 3.63) is 48.0 Å². The summed E-state index contributed by atoms with van der Waals surface area (Å²) in [5, 5.41) is 6.09. The van der Waals surface area contributed by atoms with Gasteiger partial charge in [-0.15, -0.1) is 0 Å². The molecule has 2 aromatic rings. The van der Waals surface area contributed by atoms with Gasteiger partial charge in [-0.25, -0.2) is 0 Å². The van der Waals surface area contributed by atoms with Crippen LogP contribution in [-0.4, -0.2) is 18.0 Å². The summed E-state index contributed by atoms with van der Waals surface area (Å²) in [7, 11) is 1.59. The van der Waals surface area contributed by atoms with Crippen LogP contribution < -0.4 is 15.4 Å². The maximum atomic E-state index is 11.1. The highest BCUT2D eigenvalue weighted by Crippen LogP contribution is 2.22. The predicted octanol–water partition coefficient (Wildman–Crippen LogP) is 3.22. The van der Waals surface area contributed by atoms with Crippen molar-refractivity contribution < 1.29 is 9.53 Å². The number of carbonyl (C=O) groups excluding carboxylic acids is 1. The Hall–Kier alpha value is -2.56. The van der Waals surface area contributed by atoms with E-state index in [0.29, 0.717) is 5.88 Å². The van der Waals surface area contributed by atoms with Gasteiger partial charge in [-0.3, -0.25) is 4.79 Å². The normalized spacial score (nSPS) is 11.6. The molecular formula is C16H19N3O2. The van der Waals surface area contributed by atoms with Crippen molar-refractivity contribution in [2.75, 3.05) is 17.7 Å². The van der Waals surface area contributed by atoms with Gasteiger partial charge in [0.15, 0.2) is 0 Å². The van der Waals surface area contributed by atoms with Crippen LogP contribution in [0.3, 0.4) is 0 Å². The molecule has 1 atom stereocenters. The van der Waals surface area contributed by atoms with Gasteiger partial charge in [-0.05, 0) is 30.7 Å². The van der Waals surface area contributed by atoms with E-state index in [2.05, 4.69) is 15.6 Å². The van der Waals surface area contributed by atoms with Crippen LogP contribution in [0, 0.1) is 0 Å². The van der Waals surface area contributed by atoms with Crippen molar-refractivity contribution in [1.82, 2.24) is 4.98 Å². The number of methoxy groups -OCH3 is 1. The minimum atomic E-state index is -0.0813. The van der Waals surface area contributed by atoms with E-state index >= 15 is 0 Å². The third-order valence-electron chi connectivity index (χ3n) is 3.00. The number of carbonyl (C=O) groups is 1. The van der Waals surface area contributed by atoms with Crippen LogP contribution in [0.1, 0.15) is 25.5 Å². The number of nitrogens with one attached hydrogen (secondary N) is 2. The average Bonchev–Trinajstić information content (AvgIpc) is 2.47. The molecule has 5 nitrogen and oxygen atoms in total. The van der Waals surface area contributed by atoms with E-state index in [-0.39, 0.29) is 11.9 Å². The van der Waals surface area contributed by atoms with Gasteiger partial charge in [0.2, 0.25) is 11.8 Å². The van der Waals surface area contributed by atoms with Crippen LogP contribution in [-0.2, 0) is 4.79 Å². The molecule has 1 amide bonds. The van der Waals surface area contributed by atoms with Crippen molar-refractivity contribution in [3.63, 3.8) is 0 Å². The number of hydrogen-bond acceptors (Lipinski definition) is 4. The minimum absolute atomic E-state index is 0.0540. The lowest BCUT2D eigenvalue weighted by Crippen LogP contribution is -2.10. The SMILES string of the molecule is COc1cccc(NC(C)c2cccc(NC(C)=O)c2)n1. The van der Waals surface area contributed by atoms with Crippen LogP contribution >= 0.6 is 0 Å². The standard InChI is InChI=1S/C16H19N3O2/c1-11(17-15-8-5-9-16(19-15)21-3)13-6-4-7-14(10-13)18-12(2)20/h4-11H,1-3H3,(H,17,19)(H,18,20). The number of benzene rings is 1. The molecule has 1 heterocycles. The highest BCUT2D eigenvalue weighted by atomic mass is 16.5. The topological polar surface area (TPSA) is 63.2 Å². The second kappa shape index (κ2) is 6.74. The summed E-state index contributed by atoms with van der Waals surface area (Å²) in [5.74, 6) is 1.23. The third-order valence-corrected chi connectivity index (χ3v) is 3.00. The van der Waals surface area contributed by atoms with Gasteiger partial charge in [0, 0.05) is 18.7 Å². The molecule has 0 saturated carbocycles. The summed E-state index contributed by atoms with van der Waals surface area (Å²) in [6.45, 7) is 3.53. The first-order chi connectivity index (χ1) is 10.1. The fourth-order valence-corrected chi connectivity index (χ4v) is 2.00. The van der Waals surface area contributed by atoms with E-state index in [4.69, 9.17) is 4.74 Å². The smallest absolute Gasteiger partial charge is 0.221 e. The number of hydrogen-bond donors (Lipinski definition) is 2. The monoisotopic (exact) mass is 285 g/mol. The summed E-state index contributed by atoms with van der Waals surface area (Å²) in [6, 6.07) is 13.3. The van der Waals surface area contributed by atoms with Crippen molar-refractivity contribution in [2.45, 2.75) is 19.9 Å². The van der Waals surface area contributed by atoms with Crippen molar-refractivity contribution in [2.24, 2.45) is 0 Å². The Balaban J connectivity index is 2.12. The third kappa shape index (κ3) is 4.21. The Kier molecular flexibility index (Phi) is 4.77. The highest BCUT2D eigenvalue weighted by Gasteiger charge is 2.08. The lowest BCUT2D eigenvalue weighted by Gasteiger charge is -2.16.